The summed E-state index contributed by atoms with van der Waals surface area (Å²) in [6.07, 6.45) is 1.40. The number of allylic oxidation sites excluding steroid dienone is 1. The van der Waals surface area contributed by atoms with Crippen molar-refractivity contribution in [2.24, 2.45) is 4.99 Å². The van der Waals surface area contributed by atoms with Crippen LogP contribution in [-0.4, -0.2) is 23.8 Å². The molecule has 5 rings (SSSR count). The lowest BCUT2D eigenvalue weighted by molar-refractivity contribution is -0.143. The summed E-state index contributed by atoms with van der Waals surface area (Å²) in [5, 5.41) is 0.723. The number of fused-ring (bicyclic) bond motifs is 1. The number of methoxy groups -OCH3 is 1. The van der Waals surface area contributed by atoms with Crippen molar-refractivity contribution in [1.29, 1.82) is 0 Å². The number of rotatable bonds is 7. The molecule has 0 bridgehead atoms. The lowest BCUT2D eigenvalue weighted by Gasteiger charge is -2.25. The standard InChI is InChI=1S/C29H26N2O5S2/c1-17(2)35-28(33)25-18(3)30-29-31(26(25)19-10-12-20(34-4)13-11-19)27(32)23(38-29)16-21-14-15-24(36-21)37-22-8-6-5-7-9-22/h5-17,26H,1-4H3/b23-16+/t26-/m0/s1. The highest BCUT2D eigenvalue weighted by Crippen LogP contribution is 2.32. The second-order valence-electron chi connectivity index (χ2n) is 8.88. The maximum Gasteiger partial charge on any atom is 0.338 e. The third kappa shape index (κ3) is 5.25. The van der Waals surface area contributed by atoms with Gasteiger partial charge in [0.25, 0.3) is 5.56 Å². The number of ether oxygens (including phenoxy) is 2. The number of carbonyl (C=O) groups is 1. The number of nitrogens with zero attached hydrogens (tertiary/aromatic N) is 2. The monoisotopic (exact) mass is 546 g/mol. The normalized spacial score (nSPS) is 15.4. The molecular weight excluding hydrogens is 520 g/mol. The third-order valence-corrected chi connectivity index (χ3v) is 7.76. The van der Waals surface area contributed by atoms with Crippen LogP contribution >= 0.6 is 23.1 Å². The van der Waals surface area contributed by atoms with Gasteiger partial charge in [0.2, 0.25) is 0 Å². The number of aromatic nitrogens is 1. The van der Waals surface area contributed by atoms with Crippen molar-refractivity contribution < 1.29 is 18.7 Å². The average molecular weight is 547 g/mol. The van der Waals surface area contributed by atoms with E-state index >= 15 is 0 Å². The molecule has 0 spiro atoms. The predicted octanol–water partition coefficient (Wildman–Crippen LogP) is 4.94. The number of hydrogen-bond acceptors (Lipinski definition) is 8. The van der Waals surface area contributed by atoms with Crippen LogP contribution in [0.25, 0.3) is 6.08 Å². The van der Waals surface area contributed by atoms with Gasteiger partial charge in [-0.1, -0.05) is 53.4 Å². The lowest BCUT2D eigenvalue weighted by Crippen LogP contribution is -2.40. The fourth-order valence-electron chi connectivity index (χ4n) is 4.16. The van der Waals surface area contributed by atoms with E-state index in [4.69, 9.17) is 13.9 Å². The summed E-state index contributed by atoms with van der Waals surface area (Å²) < 4.78 is 18.8. The van der Waals surface area contributed by atoms with Crippen LogP contribution in [0.5, 0.6) is 5.75 Å². The largest absolute Gasteiger partial charge is 0.497 e. The van der Waals surface area contributed by atoms with Crippen LogP contribution < -0.4 is 19.6 Å². The Kier molecular flexibility index (Phi) is 7.40. The molecule has 0 unspecified atom stereocenters. The van der Waals surface area contributed by atoms with Crippen molar-refractivity contribution in [3.05, 3.63) is 109 Å². The van der Waals surface area contributed by atoms with E-state index in [-0.39, 0.29) is 11.7 Å². The van der Waals surface area contributed by atoms with Gasteiger partial charge in [0.05, 0.1) is 35.1 Å². The van der Waals surface area contributed by atoms with Crippen LogP contribution in [-0.2, 0) is 9.53 Å². The lowest BCUT2D eigenvalue weighted by atomic mass is 9.96. The molecule has 0 fully saturated rings. The summed E-state index contributed by atoms with van der Waals surface area (Å²) in [4.78, 5) is 33.1. The van der Waals surface area contributed by atoms with Gasteiger partial charge in [-0.3, -0.25) is 9.36 Å². The molecule has 7 nitrogen and oxygen atoms in total. The van der Waals surface area contributed by atoms with Crippen LogP contribution in [0.15, 0.2) is 102 Å². The van der Waals surface area contributed by atoms with Gasteiger partial charge in [-0.05, 0) is 62.7 Å². The molecule has 0 radical (unpaired) electrons. The summed E-state index contributed by atoms with van der Waals surface area (Å²) in [7, 11) is 1.59. The molecule has 0 amide bonds. The van der Waals surface area contributed by atoms with Gasteiger partial charge in [-0.2, -0.15) is 0 Å². The van der Waals surface area contributed by atoms with Crippen LogP contribution in [0.4, 0.5) is 0 Å². The Morgan fingerprint density at radius 1 is 1.11 bits per heavy atom. The first kappa shape index (κ1) is 25.8. The van der Waals surface area contributed by atoms with Gasteiger partial charge >= 0.3 is 5.97 Å². The third-order valence-electron chi connectivity index (χ3n) is 5.85. The Bertz CT molecular complexity index is 1680. The Labute approximate surface area is 227 Å². The van der Waals surface area contributed by atoms with Gasteiger partial charge in [0, 0.05) is 11.0 Å². The van der Waals surface area contributed by atoms with E-state index in [0.717, 1.165) is 15.6 Å². The Balaban J connectivity index is 1.58. The van der Waals surface area contributed by atoms with Crippen LogP contribution in [0, 0.1) is 0 Å². The van der Waals surface area contributed by atoms with E-state index in [2.05, 4.69) is 4.99 Å². The Hall–Kier alpha value is -3.82. The number of furan rings is 1. The van der Waals surface area contributed by atoms with Crippen molar-refractivity contribution in [3.8, 4) is 5.75 Å². The highest BCUT2D eigenvalue weighted by atomic mass is 32.2. The zero-order chi connectivity index (χ0) is 26.8. The molecule has 1 atom stereocenters. The first-order chi connectivity index (χ1) is 18.3. The summed E-state index contributed by atoms with van der Waals surface area (Å²) in [6, 6.07) is 20.3. The van der Waals surface area contributed by atoms with Gasteiger partial charge in [-0.25, -0.2) is 9.79 Å². The molecule has 2 aromatic heterocycles. The van der Waals surface area contributed by atoms with Crippen LogP contribution in [0.2, 0.25) is 0 Å². The highest BCUT2D eigenvalue weighted by Gasteiger charge is 2.33. The van der Waals surface area contributed by atoms with Gasteiger partial charge in [0.1, 0.15) is 11.5 Å². The molecule has 0 N–H and O–H groups in total. The Morgan fingerprint density at radius 2 is 1.84 bits per heavy atom. The SMILES string of the molecule is COc1ccc([C@H]2C(C(=O)OC(C)C)=C(C)N=c3s/c(=C/c4ccc(Sc5ccccc5)o4)c(=O)n32)cc1. The molecule has 38 heavy (non-hydrogen) atoms. The van der Waals surface area contributed by atoms with Crippen molar-refractivity contribution >= 4 is 35.1 Å². The van der Waals surface area contributed by atoms with E-state index in [0.29, 0.717) is 32.1 Å². The summed E-state index contributed by atoms with van der Waals surface area (Å²) in [5.74, 6) is 0.741. The number of thiazole rings is 1. The second kappa shape index (κ2) is 10.9. The van der Waals surface area contributed by atoms with E-state index in [1.807, 2.05) is 54.6 Å². The molecule has 2 aromatic carbocycles. The Morgan fingerprint density at radius 3 is 2.53 bits per heavy atom. The summed E-state index contributed by atoms with van der Waals surface area (Å²) in [6.45, 7) is 5.35. The van der Waals surface area contributed by atoms with Gasteiger partial charge in [-0.15, -0.1) is 0 Å². The second-order valence-corrected chi connectivity index (χ2v) is 11.0. The molecular formula is C29H26N2O5S2. The van der Waals surface area contributed by atoms with Crippen molar-refractivity contribution in [2.75, 3.05) is 7.11 Å². The fraction of sp³-hybridized carbons (Fsp3) is 0.207. The van der Waals surface area contributed by atoms with Crippen molar-refractivity contribution in [2.45, 2.75) is 42.9 Å². The maximum atomic E-state index is 13.8. The smallest absolute Gasteiger partial charge is 0.338 e. The molecule has 0 saturated heterocycles. The van der Waals surface area contributed by atoms with Crippen molar-refractivity contribution in [3.63, 3.8) is 0 Å². The molecule has 1 aliphatic heterocycles. The van der Waals surface area contributed by atoms with Gasteiger partial charge < -0.3 is 13.9 Å². The quantitative estimate of drug-likeness (QED) is 0.306. The molecule has 0 aliphatic carbocycles. The number of esters is 1. The highest BCUT2D eigenvalue weighted by molar-refractivity contribution is 7.99. The number of benzene rings is 2. The van der Waals surface area contributed by atoms with E-state index in [9.17, 15) is 9.59 Å². The molecule has 4 aromatic rings. The van der Waals surface area contributed by atoms with Crippen LogP contribution in [0.3, 0.4) is 0 Å². The zero-order valence-electron chi connectivity index (χ0n) is 21.3. The molecule has 194 valence electrons. The first-order valence-corrected chi connectivity index (χ1v) is 13.7. The fourth-order valence-corrected chi connectivity index (χ4v) is 5.99. The maximum absolute atomic E-state index is 13.8. The van der Waals surface area contributed by atoms with Crippen molar-refractivity contribution in [1.82, 2.24) is 4.57 Å². The molecule has 9 heteroatoms. The summed E-state index contributed by atoms with van der Waals surface area (Å²) >= 11 is 2.76. The number of hydrogen-bond donors (Lipinski definition) is 0. The van der Waals surface area contributed by atoms with E-state index < -0.39 is 12.0 Å². The van der Waals surface area contributed by atoms with Crippen LogP contribution in [0.1, 0.15) is 38.1 Å². The average Bonchev–Trinajstić information content (AvgIpc) is 3.46. The minimum absolute atomic E-state index is 0.259. The molecule has 1 aliphatic rings. The molecule has 0 saturated carbocycles. The zero-order valence-corrected chi connectivity index (χ0v) is 23.0. The minimum Gasteiger partial charge on any atom is -0.497 e. The number of carbonyl (C=O) groups excluding carboxylic acids is 1. The minimum atomic E-state index is -0.689. The van der Waals surface area contributed by atoms with E-state index in [1.165, 1.54) is 23.1 Å². The van der Waals surface area contributed by atoms with E-state index in [1.54, 1.807) is 50.7 Å². The predicted molar refractivity (Wildman–Crippen MR) is 147 cm³/mol. The summed E-state index contributed by atoms with van der Waals surface area (Å²) in [5.41, 5.74) is 1.35. The topological polar surface area (TPSA) is 83.0 Å². The van der Waals surface area contributed by atoms with Gasteiger partial charge in [0.15, 0.2) is 9.89 Å². The first-order valence-electron chi connectivity index (χ1n) is 12.0. The molecule has 3 heterocycles.